The second kappa shape index (κ2) is 3.84. The Morgan fingerprint density at radius 1 is 1.50 bits per heavy atom. The summed E-state index contributed by atoms with van der Waals surface area (Å²) < 4.78 is 24.6. The Bertz CT molecular complexity index is 646. The predicted molar refractivity (Wildman–Crippen MR) is 61.9 cm³/mol. The van der Waals surface area contributed by atoms with Crippen LogP contribution in [0, 0.1) is 0 Å². The quantitative estimate of drug-likeness (QED) is 0.869. The molecule has 16 heavy (non-hydrogen) atoms. The Morgan fingerprint density at radius 3 is 2.94 bits per heavy atom. The van der Waals surface area contributed by atoms with Crippen molar-refractivity contribution in [1.82, 2.24) is 9.71 Å². The summed E-state index contributed by atoms with van der Waals surface area (Å²) in [6.07, 6.45) is 2.50. The summed E-state index contributed by atoms with van der Waals surface area (Å²) in [5, 5.41) is 1.60. The highest BCUT2D eigenvalue weighted by Gasteiger charge is 2.16. The van der Waals surface area contributed by atoms with Gasteiger partial charge in [0.2, 0.25) is 10.0 Å². The molecule has 0 atom stereocenters. The molecular formula is C9H8N2O3S2. The van der Waals surface area contributed by atoms with E-state index in [1.165, 1.54) is 11.3 Å². The molecule has 0 aliphatic heterocycles. The summed E-state index contributed by atoms with van der Waals surface area (Å²) in [5.41, 5.74) is 0.805. The Balaban J connectivity index is 2.45. The van der Waals surface area contributed by atoms with Crippen molar-refractivity contribution in [3.63, 3.8) is 0 Å². The molecule has 0 saturated heterocycles. The maximum atomic E-state index is 11.6. The molecule has 0 aromatic carbocycles. The first-order valence-electron chi connectivity index (χ1n) is 4.32. The third-order valence-electron chi connectivity index (χ3n) is 1.85. The third-order valence-corrected chi connectivity index (χ3v) is 3.35. The van der Waals surface area contributed by atoms with Crippen molar-refractivity contribution in [2.75, 3.05) is 6.26 Å². The van der Waals surface area contributed by atoms with Gasteiger partial charge in [0.1, 0.15) is 0 Å². The first-order valence-corrected chi connectivity index (χ1v) is 7.09. The summed E-state index contributed by atoms with van der Waals surface area (Å²) in [6.45, 7) is 0. The predicted octanol–water partition coefficient (Wildman–Crippen LogP) is 0.986. The molecule has 0 aliphatic rings. The molecule has 2 heterocycles. The van der Waals surface area contributed by atoms with E-state index in [-0.39, 0.29) is 5.56 Å². The van der Waals surface area contributed by atoms with Gasteiger partial charge in [0.05, 0.1) is 22.0 Å². The Hall–Kier alpha value is -1.47. The van der Waals surface area contributed by atoms with E-state index in [9.17, 15) is 13.2 Å². The molecule has 0 radical (unpaired) electrons. The molecule has 84 valence electrons. The van der Waals surface area contributed by atoms with Crippen LogP contribution in [-0.4, -0.2) is 25.6 Å². The summed E-state index contributed by atoms with van der Waals surface area (Å²) in [5.74, 6) is -0.646. The SMILES string of the molecule is CS(=O)(=O)NC(=O)c1csc2cccnc12. The average molecular weight is 256 g/mol. The normalized spacial score (nSPS) is 11.6. The zero-order valence-electron chi connectivity index (χ0n) is 8.30. The molecule has 1 amide bonds. The minimum absolute atomic E-state index is 0.283. The first kappa shape index (κ1) is 11.0. The smallest absolute Gasteiger partial charge is 0.267 e. The van der Waals surface area contributed by atoms with Crippen LogP contribution in [0.2, 0.25) is 0 Å². The maximum absolute atomic E-state index is 11.6. The number of fused-ring (bicyclic) bond motifs is 1. The fourth-order valence-corrected chi connectivity index (χ4v) is 2.59. The maximum Gasteiger partial charge on any atom is 0.267 e. The molecule has 0 bridgehead atoms. The highest BCUT2D eigenvalue weighted by atomic mass is 32.2. The van der Waals surface area contributed by atoms with Gasteiger partial charge in [0.15, 0.2) is 0 Å². The molecule has 1 N–H and O–H groups in total. The number of rotatable bonds is 2. The van der Waals surface area contributed by atoms with Gasteiger partial charge in [-0.3, -0.25) is 9.78 Å². The number of nitrogens with one attached hydrogen (secondary N) is 1. The second-order valence-electron chi connectivity index (χ2n) is 3.20. The van der Waals surface area contributed by atoms with Crippen molar-refractivity contribution >= 4 is 37.5 Å². The number of sulfonamides is 1. The van der Waals surface area contributed by atoms with E-state index in [4.69, 9.17) is 0 Å². The van der Waals surface area contributed by atoms with Gasteiger partial charge in [-0.05, 0) is 12.1 Å². The third kappa shape index (κ3) is 2.20. The summed E-state index contributed by atoms with van der Waals surface area (Å²) >= 11 is 1.35. The van der Waals surface area contributed by atoms with E-state index in [0.29, 0.717) is 5.52 Å². The van der Waals surface area contributed by atoms with Gasteiger partial charge in [-0.15, -0.1) is 11.3 Å². The fourth-order valence-electron chi connectivity index (χ4n) is 1.25. The van der Waals surface area contributed by atoms with Crippen LogP contribution < -0.4 is 4.72 Å². The van der Waals surface area contributed by atoms with Gasteiger partial charge >= 0.3 is 0 Å². The average Bonchev–Trinajstić information content (AvgIpc) is 2.58. The van der Waals surface area contributed by atoms with E-state index < -0.39 is 15.9 Å². The number of nitrogens with zero attached hydrogens (tertiary/aromatic N) is 1. The van der Waals surface area contributed by atoms with E-state index in [1.54, 1.807) is 17.6 Å². The van der Waals surface area contributed by atoms with E-state index >= 15 is 0 Å². The number of carbonyl (C=O) groups is 1. The van der Waals surface area contributed by atoms with E-state index in [2.05, 4.69) is 4.98 Å². The molecule has 2 rings (SSSR count). The molecule has 2 aromatic heterocycles. The number of thiophene rings is 1. The van der Waals surface area contributed by atoms with Gasteiger partial charge in [-0.1, -0.05) is 0 Å². The molecule has 0 spiro atoms. The lowest BCUT2D eigenvalue weighted by atomic mass is 10.2. The van der Waals surface area contributed by atoms with Gasteiger partial charge in [0, 0.05) is 11.6 Å². The van der Waals surface area contributed by atoms with Crippen molar-refractivity contribution in [1.29, 1.82) is 0 Å². The Labute approximate surface area is 96.2 Å². The van der Waals surface area contributed by atoms with Crippen LogP contribution in [0.15, 0.2) is 23.7 Å². The van der Waals surface area contributed by atoms with Gasteiger partial charge < -0.3 is 0 Å². The molecule has 0 aliphatic carbocycles. The van der Waals surface area contributed by atoms with Crippen molar-refractivity contribution in [3.8, 4) is 0 Å². The van der Waals surface area contributed by atoms with Crippen molar-refractivity contribution in [2.24, 2.45) is 0 Å². The van der Waals surface area contributed by atoms with Crippen LogP contribution in [-0.2, 0) is 10.0 Å². The lowest BCUT2D eigenvalue weighted by Crippen LogP contribution is -2.29. The first-order chi connectivity index (χ1) is 7.47. The van der Waals surface area contributed by atoms with Crippen LogP contribution in [0.3, 0.4) is 0 Å². The van der Waals surface area contributed by atoms with Gasteiger partial charge in [0.25, 0.3) is 5.91 Å². The van der Waals surface area contributed by atoms with Crippen LogP contribution in [0.25, 0.3) is 10.2 Å². The molecule has 0 unspecified atom stereocenters. The van der Waals surface area contributed by atoms with Crippen LogP contribution in [0.4, 0.5) is 0 Å². The highest BCUT2D eigenvalue weighted by molar-refractivity contribution is 7.89. The van der Waals surface area contributed by atoms with E-state index in [0.717, 1.165) is 11.0 Å². The largest absolute Gasteiger partial charge is 0.268 e. The second-order valence-corrected chi connectivity index (χ2v) is 5.86. The number of hydrogen-bond acceptors (Lipinski definition) is 5. The number of hydrogen-bond donors (Lipinski definition) is 1. The molecule has 5 nitrogen and oxygen atoms in total. The molecular weight excluding hydrogens is 248 g/mol. The van der Waals surface area contributed by atoms with Gasteiger partial charge in [-0.25, -0.2) is 13.1 Å². The molecule has 2 aromatic rings. The van der Waals surface area contributed by atoms with Gasteiger partial charge in [-0.2, -0.15) is 0 Å². The van der Waals surface area contributed by atoms with Crippen molar-refractivity contribution in [3.05, 3.63) is 29.3 Å². The molecule has 7 heteroatoms. The summed E-state index contributed by atoms with van der Waals surface area (Å²) in [6, 6.07) is 3.58. The van der Waals surface area contributed by atoms with Crippen LogP contribution in [0.5, 0.6) is 0 Å². The number of pyridine rings is 1. The van der Waals surface area contributed by atoms with Crippen LogP contribution in [0.1, 0.15) is 10.4 Å². The fraction of sp³-hybridized carbons (Fsp3) is 0.111. The Morgan fingerprint density at radius 2 is 2.25 bits per heavy atom. The number of aromatic nitrogens is 1. The zero-order valence-corrected chi connectivity index (χ0v) is 9.93. The molecule has 0 fully saturated rings. The number of carbonyl (C=O) groups excluding carboxylic acids is 1. The summed E-state index contributed by atoms with van der Waals surface area (Å²) in [7, 11) is -3.54. The highest BCUT2D eigenvalue weighted by Crippen LogP contribution is 2.23. The van der Waals surface area contributed by atoms with E-state index in [1.807, 2.05) is 10.8 Å². The standard InChI is InChI=1S/C9H8N2O3S2/c1-16(13,14)11-9(12)6-5-15-7-3-2-4-10-8(6)7/h2-5H,1H3,(H,11,12). The minimum atomic E-state index is -3.54. The molecule has 0 saturated carbocycles. The lowest BCUT2D eigenvalue weighted by molar-refractivity contribution is 0.0983. The van der Waals surface area contributed by atoms with Crippen molar-refractivity contribution in [2.45, 2.75) is 0 Å². The van der Waals surface area contributed by atoms with Crippen molar-refractivity contribution < 1.29 is 13.2 Å². The zero-order chi connectivity index (χ0) is 11.8. The summed E-state index contributed by atoms with van der Waals surface area (Å²) in [4.78, 5) is 15.7. The minimum Gasteiger partial charge on any atom is -0.268 e. The number of amides is 1. The Kier molecular flexibility index (Phi) is 2.64. The monoisotopic (exact) mass is 256 g/mol. The lowest BCUT2D eigenvalue weighted by Gasteiger charge is -2.00. The van der Waals surface area contributed by atoms with Crippen LogP contribution >= 0.6 is 11.3 Å². The topological polar surface area (TPSA) is 76.1 Å².